The van der Waals surface area contributed by atoms with E-state index >= 15 is 0 Å². The topological polar surface area (TPSA) is 58.1 Å². The van der Waals surface area contributed by atoms with Crippen molar-refractivity contribution in [2.24, 2.45) is 0 Å². The lowest BCUT2D eigenvalue weighted by Gasteiger charge is -2.24. The first kappa shape index (κ1) is 16.9. The van der Waals surface area contributed by atoms with Gasteiger partial charge in [-0.2, -0.15) is 4.37 Å². The zero-order chi connectivity index (χ0) is 16.9. The largest absolute Gasteiger partial charge is 0.352 e. The van der Waals surface area contributed by atoms with Crippen LogP contribution >= 0.6 is 11.5 Å². The number of nitrogens with one attached hydrogen (secondary N) is 1. The van der Waals surface area contributed by atoms with Crippen molar-refractivity contribution in [3.05, 3.63) is 41.7 Å². The first-order valence-electron chi connectivity index (χ1n) is 8.61. The number of hydrogen-bond acceptors (Lipinski definition) is 5. The average molecular weight is 344 g/mol. The molecule has 1 aromatic carbocycles. The molecule has 1 saturated heterocycles. The molecule has 2 heterocycles. The molecule has 0 radical (unpaired) electrons. The van der Waals surface area contributed by atoms with Gasteiger partial charge in [0.2, 0.25) is 11.0 Å². The van der Waals surface area contributed by atoms with Gasteiger partial charge < -0.3 is 10.2 Å². The molecule has 0 unspecified atom stereocenters. The molecule has 2 atom stereocenters. The number of benzene rings is 1. The number of aromatic nitrogens is 2. The predicted molar refractivity (Wildman–Crippen MR) is 97.4 cm³/mol. The lowest BCUT2D eigenvalue weighted by molar-refractivity contribution is -0.122. The third-order valence-electron chi connectivity index (χ3n) is 4.46. The summed E-state index contributed by atoms with van der Waals surface area (Å²) in [6.45, 7) is 5.00. The molecule has 0 spiro atoms. The summed E-state index contributed by atoms with van der Waals surface area (Å²) >= 11 is 1.40. The van der Waals surface area contributed by atoms with Gasteiger partial charge in [0.1, 0.15) is 11.9 Å². The second-order valence-electron chi connectivity index (χ2n) is 6.32. The second kappa shape index (κ2) is 7.75. The molecule has 128 valence electrons. The molecule has 24 heavy (non-hydrogen) atoms. The first-order valence-corrected chi connectivity index (χ1v) is 9.38. The summed E-state index contributed by atoms with van der Waals surface area (Å²) in [5.41, 5.74) is 1.20. The van der Waals surface area contributed by atoms with Crippen molar-refractivity contribution in [2.75, 3.05) is 11.4 Å². The first-order chi connectivity index (χ1) is 11.7. The molecule has 0 bridgehead atoms. The SMILES string of the molecule is CC[C@@H](C)NC(=O)[C@H]1CCCN1c1nc(Cc2ccccc2)ns1. The Morgan fingerprint density at radius 1 is 1.42 bits per heavy atom. The van der Waals surface area contributed by atoms with Crippen LogP contribution in [0, 0.1) is 0 Å². The standard InChI is InChI=1S/C18H24N4OS/c1-3-13(2)19-17(23)15-10-7-11-22(15)18-20-16(21-24-18)12-14-8-5-4-6-9-14/h4-6,8-9,13,15H,3,7,10-12H2,1-2H3,(H,19,23)/t13-,15-/m1/s1. The van der Waals surface area contributed by atoms with Crippen LogP contribution in [0.2, 0.25) is 0 Å². The minimum atomic E-state index is -0.114. The van der Waals surface area contributed by atoms with Crippen molar-refractivity contribution in [3.8, 4) is 0 Å². The van der Waals surface area contributed by atoms with Gasteiger partial charge in [-0.3, -0.25) is 4.79 Å². The van der Waals surface area contributed by atoms with E-state index in [2.05, 4.69) is 38.6 Å². The van der Waals surface area contributed by atoms with Gasteiger partial charge in [0, 0.05) is 30.5 Å². The summed E-state index contributed by atoms with van der Waals surface area (Å²) < 4.78 is 4.48. The molecule has 1 N–H and O–H groups in total. The summed E-state index contributed by atoms with van der Waals surface area (Å²) in [5.74, 6) is 0.941. The van der Waals surface area contributed by atoms with E-state index in [0.717, 1.165) is 43.2 Å². The van der Waals surface area contributed by atoms with Crippen molar-refractivity contribution >= 4 is 22.6 Å². The summed E-state index contributed by atoms with van der Waals surface area (Å²) in [7, 11) is 0. The minimum absolute atomic E-state index is 0.113. The van der Waals surface area contributed by atoms with E-state index in [0.29, 0.717) is 0 Å². The van der Waals surface area contributed by atoms with Gasteiger partial charge in [0.05, 0.1) is 0 Å². The van der Waals surface area contributed by atoms with E-state index < -0.39 is 0 Å². The Morgan fingerprint density at radius 2 is 2.21 bits per heavy atom. The lowest BCUT2D eigenvalue weighted by atomic mass is 10.1. The molecule has 0 saturated carbocycles. The molecule has 2 aromatic rings. The average Bonchev–Trinajstić information content (AvgIpc) is 3.24. The van der Waals surface area contributed by atoms with Crippen LogP contribution in [0.4, 0.5) is 5.13 Å². The van der Waals surface area contributed by atoms with Gasteiger partial charge in [0.25, 0.3) is 0 Å². The van der Waals surface area contributed by atoms with Crippen LogP contribution in [-0.2, 0) is 11.2 Å². The second-order valence-corrected chi connectivity index (χ2v) is 7.06. The monoisotopic (exact) mass is 344 g/mol. The van der Waals surface area contributed by atoms with Crippen molar-refractivity contribution < 1.29 is 4.79 Å². The lowest BCUT2D eigenvalue weighted by Crippen LogP contribution is -2.46. The highest BCUT2D eigenvalue weighted by molar-refractivity contribution is 7.09. The van der Waals surface area contributed by atoms with Crippen molar-refractivity contribution in [3.63, 3.8) is 0 Å². The summed E-state index contributed by atoms with van der Waals surface area (Å²) in [4.78, 5) is 19.3. The van der Waals surface area contributed by atoms with Crippen LogP contribution in [0.15, 0.2) is 30.3 Å². The third kappa shape index (κ3) is 3.93. The Balaban J connectivity index is 1.68. The van der Waals surface area contributed by atoms with Crippen molar-refractivity contribution in [1.29, 1.82) is 0 Å². The summed E-state index contributed by atoms with van der Waals surface area (Å²) in [5, 5.41) is 3.96. The summed E-state index contributed by atoms with van der Waals surface area (Å²) in [6.07, 6.45) is 3.58. The molecular weight excluding hydrogens is 320 g/mol. The van der Waals surface area contributed by atoms with Crippen LogP contribution in [0.1, 0.15) is 44.5 Å². The zero-order valence-electron chi connectivity index (χ0n) is 14.2. The fourth-order valence-electron chi connectivity index (χ4n) is 2.92. The van der Waals surface area contributed by atoms with E-state index in [1.165, 1.54) is 17.1 Å². The van der Waals surface area contributed by atoms with Crippen LogP contribution in [0.5, 0.6) is 0 Å². The Morgan fingerprint density at radius 3 is 2.96 bits per heavy atom. The molecule has 1 amide bonds. The highest BCUT2D eigenvalue weighted by atomic mass is 32.1. The molecule has 1 fully saturated rings. The molecular formula is C18H24N4OS. The molecule has 6 heteroatoms. The molecule has 5 nitrogen and oxygen atoms in total. The fourth-order valence-corrected chi connectivity index (χ4v) is 3.68. The van der Waals surface area contributed by atoms with Crippen LogP contribution in [0.3, 0.4) is 0 Å². The number of carbonyl (C=O) groups is 1. The molecule has 0 aliphatic carbocycles. The number of amides is 1. The Bertz CT molecular complexity index is 673. The minimum Gasteiger partial charge on any atom is -0.352 e. The van der Waals surface area contributed by atoms with E-state index in [-0.39, 0.29) is 18.0 Å². The van der Waals surface area contributed by atoms with Crippen LogP contribution in [-0.4, -0.2) is 33.9 Å². The Kier molecular flexibility index (Phi) is 5.45. The third-order valence-corrected chi connectivity index (χ3v) is 5.26. The highest BCUT2D eigenvalue weighted by Crippen LogP contribution is 2.27. The number of carbonyl (C=O) groups excluding carboxylic acids is 1. The molecule has 1 aliphatic heterocycles. The van der Waals surface area contributed by atoms with Crippen LogP contribution < -0.4 is 10.2 Å². The Labute approximate surface area is 147 Å². The molecule has 1 aliphatic rings. The van der Waals surface area contributed by atoms with Crippen LogP contribution in [0.25, 0.3) is 0 Å². The number of hydrogen-bond donors (Lipinski definition) is 1. The number of anilines is 1. The van der Waals surface area contributed by atoms with Crippen molar-refractivity contribution in [2.45, 2.75) is 51.6 Å². The van der Waals surface area contributed by atoms with Gasteiger partial charge in [0.15, 0.2) is 0 Å². The van der Waals surface area contributed by atoms with Gasteiger partial charge >= 0.3 is 0 Å². The van der Waals surface area contributed by atoms with Gasteiger partial charge in [-0.25, -0.2) is 4.98 Å². The maximum atomic E-state index is 12.5. The van der Waals surface area contributed by atoms with E-state index in [4.69, 9.17) is 0 Å². The van der Waals surface area contributed by atoms with Gasteiger partial charge in [-0.05, 0) is 31.7 Å². The maximum absolute atomic E-state index is 12.5. The van der Waals surface area contributed by atoms with E-state index in [1.807, 2.05) is 25.1 Å². The van der Waals surface area contributed by atoms with Gasteiger partial charge in [-0.15, -0.1) is 0 Å². The fraction of sp³-hybridized carbons (Fsp3) is 0.500. The highest BCUT2D eigenvalue weighted by Gasteiger charge is 2.33. The quantitative estimate of drug-likeness (QED) is 0.875. The van der Waals surface area contributed by atoms with Gasteiger partial charge in [-0.1, -0.05) is 37.3 Å². The molecule has 3 rings (SSSR count). The maximum Gasteiger partial charge on any atom is 0.242 e. The van der Waals surface area contributed by atoms with E-state index in [9.17, 15) is 4.79 Å². The predicted octanol–water partition coefficient (Wildman–Crippen LogP) is 3.01. The summed E-state index contributed by atoms with van der Waals surface area (Å²) in [6, 6.07) is 10.3. The Hall–Kier alpha value is -1.95. The van der Waals surface area contributed by atoms with Crippen molar-refractivity contribution in [1.82, 2.24) is 14.7 Å². The number of nitrogens with zero attached hydrogens (tertiary/aromatic N) is 3. The molecule has 1 aromatic heterocycles. The normalized spacial score (nSPS) is 18.6. The number of rotatable bonds is 6. The zero-order valence-corrected chi connectivity index (χ0v) is 15.1. The smallest absolute Gasteiger partial charge is 0.242 e. The van der Waals surface area contributed by atoms with E-state index in [1.54, 1.807) is 0 Å².